The molecule has 1 aromatic carbocycles. The monoisotopic (exact) mass is 336 g/mol. The summed E-state index contributed by atoms with van der Waals surface area (Å²) in [6, 6.07) is 5.10. The molecule has 0 N–H and O–H groups in total. The molecular weight excluding hydrogens is 316 g/mol. The lowest BCUT2D eigenvalue weighted by Gasteiger charge is -2.12. The van der Waals surface area contributed by atoms with Crippen molar-refractivity contribution in [3.8, 4) is 17.2 Å². The molecule has 0 aliphatic rings. The van der Waals surface area contributed by atoms with Crippen LogP contribution in [0.5, 0.6) is 17.2 Å². The lowest BCUT2D eigenvalue weighted by atomic mass is 10.3. The lowest BCUT2D eigenvalue weighted by molar-refractivity contribution is 0.110. The van der Waals surface area contributed by atoms with Crippen LogP contribution in [0.15, 0.2) is 28.4 Å². The summed E-state index contributed by atoms with van der Waals surface area (Å²) >= 11 is 0. The molecule has 0 saturated heterocycles. The molecule has 10 nitrogen and oxygen atoms in total. The van der Waals surface area contributed by atoms with Crippen LogP contribution < -0.4 is 14.2 Å². The van der Waals surface area contributed by atoms with Gasteiger partial charge in [-0.2, -0.15) is 0 Å². The van der Waals surface area contributed by atoms with E-state index >= 15 is 0 Å². The van der Waals surface area contributed by atoms with Crippen molar-refractivity contribution < 1.29 is 18.9 Å². The highest BCUT2D eigenvalue weighted by molar-refractivity contribution is 5.42. The Bertz CT molecular complexity index is 542. The lowest BCUT2D eigenvalue weighted by Crippen LogP contribution is -2.07. The van der Waals surface area contributed by atoms with Crippen molar-refractivity contribution >= 4 is 0 Å². The van der Waals surface area contributed by atoms with Gasteiger partial charge >= 0.3 is 0 Å². The van der Waals surface area contributed by atoms with E-state index in [0.717, 1.165) is 0 Å². The fraction of sp³-hybridized carbons (Fsp3) is 0.571. The van der Waals surface area contributed by atoms with Crippen LogP contribution in [0, 0.1) is 0 Å². The Morgan fingerprint density at radius 3 is 1.67 bits per heavy atom. The predicted octanol–water partition coefficient (Wildman–Crippen LogP) is 3.48. The quantitative estimate of drug-likeness (QED) is 0.236. The average molecular weight is 336 g/mol. The van der Waals surface area contributed by atoms with Crippen LogP contribution in [0.1, 0.15) is 6.92 Å². The second-order valence-electron chi connectivity index (χ2n) is 4.29. The first-order valence-electron chi connectivity index (χ1n) is 7.43. The SMILES string of the molecule is CCOCCOc1cc(OCCN=[N+]=[N-])cc(OCCN=[N+]=[N-])c1. The van der Waals surface area contributed by atoms with Crippen LogP contribution in [-0.4, -0.2) is 46.1 Å². The minimum absolute atomic E-state index is 0.221. The molecule has 130 valence electrons. The molecule has 1 aromatic rings. The first-order valence-corrected chi connectivity index (χ1v) is 7.43. The van der Waals surface area contributed by atoms with Gasteiger partial charge in [0, 0.05) is 34.6 Å². The third-order valence-electron chi connectivity index (χ3n) is 2.60. The van der Waals surface area contributed by atoms with Gasteiger partial charge in [0.25, 0.3) is 0 Å². The van der Waals surface area contributed by atoms with Crippen LogP contribution in [0.2, 0.25) is 0 Å². The first kappa shape index (κ1) is 19.2. The van der Waals surface area contributed by atoms with E-state index in [1.807, 2.05) is 6.92 Å². The average Bonchev–Trinajstić information content (AvgIpc) is 2.59. The van der Waals surface area contributed by atoms with Crippen molar-refractivity contribution in [1.82, 2.24) is 0 Å². The maximum Gasteiger partial charge on any atom is 0.126 e. The summed E-state index contributed by atoms with van der Waals surface area (Å²) in [5.41, 5.74) is 16.5. The molecule has 0 spiro atoms. The van der Waals surface area contributed by atoms with Crippen LogP contribution in [-0.2, 0) is 4.74 Å². The van der Waals surface area contributed by atoms with Gasteiger partial charge in [0.2, 0.25) is 0 Å². The Hall–Kier alpha value is -2.80. The normalized spacial score (nSPS) is 9.54. The van der Waals surface area contributed by atoms with Crippen molar-refractivity contribution in [1.29, 1.82) is 0 Å². The molecule has 0 fully saturated rings. The zero-order chi connectivity index (χ0) is 17.5. The van der Waals surface area contributed by atoms with Gasteiger partial charge in [-0.3, -0.25) is 0 Å². The summed E-state index contributed by atoms with van der Waals surface area (Å²) in [5, 5.41) is 6.80. The minimum atomic E-state index is 0.221. The number of hydrogen-bond donors (Lipinski definition) is 0. The molecule has 10 heteroatoms. The van der Waals surface area contributed by atoms with Crippen LogP contribution >= 0.6 is 0 Å². The molecule has 24 heavy (non-hydrogen) atoms. The van der Waals surface area contributed by atoms with Gasteiger partial charge in [0.05, 0.1) is 32.9 Å². The summed E-state index contributed by atoms with van der Waals surface area (Å²) < 4.78 is 21.8. The molecule has 1 rings (SSSR count). The highest BCUT2D eigenvalue weighted by Crippen LogP contribution is 2.28. The summed E-state index contributed by atoms with van der Waals surface area (Å²) in [5.74, 6) is 1.61. The van der Waals surface area contributed by atoms with E-state index in [0.29, 0.717) is 37.1 Å². The third-order valence-corrected chi connectivity index (χ3v) is 2.60. The van der Waals surface area contributed by atoms with Crippen molar-refractivity contribution in [3.05, 3.63) is 39.1 Å². The maximum atomic E-state index is 8.25. The van der Waals surface area contributed by atoms with Gasteiger partial charge < -0.3 is 18.9 Å². The van der Waals surface area contributed by atoms with E-state index in [4.69, 9.17) is 30.0 Å². The van der Waals surface area contributed by atoms with Crippen molar-refractivity contribution in [2.45, 2.75) is 6.92 Å². The van der Waals surface area contributed by atoms with Gasteiger partial charge in [0.15, 0.2) is 0 Å². The van der Waals surface area contributed by atoms with E-state index in [-0.39, 0.29) is 26.3 Å². The van der Waals surface area contributed by atoms with E-state index in [1.54, 1.807) is 18.2 Å². The molecule has 0 aliphatic carbocycles. The van der Waals surface area contributed by atoms with Crippen LogP contribution in [0.4, 0.5) is 0 Å². The second kappa shape index (κ2) is 12.7. The molecule has 0 aromatic heterocycles. The number of nitrogens with zero attached hydrogens (tertiary/aromatic N) is 6. The number of benzene rings is 1. The molecular formula is C14H20N6O4. The van der Waals surface area contributed by atoms with Crippen molar-refractivity contribution in [2.75, 3.05) is 46.1 Å². The van der Waals surface area contributed by atoms with E-state index in [2.05, 4.69) is 20.1 Å². The van der Waals surface area contributed by atoms with Gasteiger partial charge in [-0.15, -0.1) is 0 Å². The van der Waals surface area contributed by atoms with Crippen molar-refractivity contribution in [3.63, 3.8) is 0 Å². The molecule has 0 bridgehead atoms. The van der Waals surface area contributed by atoms with Crippen LogP contribution in [0.25, 0.3) is 20.9 Å². The predicted molar refractivity (Wildman–Crippen MR) is 87.4 cm³/mol. The number of hydrogen-bond acceptors (Lipinski definition) is 6. The first-order chi connectivity index (χ1) is 11.8. The maximum absolute atomic E-state index is 8.25. The number of ether oxygens (including phenoxy) is 4. The molecule has 0 aliphatic heterocycles. The summed E-state index contributed by atoms with van der Waals surface area (Å²) in [6.45, 7) is 4.33. The summed E-state index contributed by atoms with van der Waals surface area (Å²) in [6.07, 6.45) is 0. The Kier molecular flexibility index (Phi) is 10.2. The third kappa shape index (κ3) is 8.60. The van der Waals surface area contributed by atoms with E-state index < -0.39 is 0 Å². The Balaban J connectivity index is 2.67. The Morgan fingerprint density at radius 1 is 0.792 bits per heavy atom. The van der Waals surface area contributed by atoms with E-state index in [1.165, 1.54) is 0 Å². The van der Waals surface area contributed by atoms with Gasteiger partial charge in [-0.25, -0.2) is 0 Å². The molecule has 0 unspecified atom stereocenters. The second-order valence-corrected chi connectivity index (χ2v) is 4.29. The molecule has 0 amide bonds. The zero-order valence-corrected chi connectivity index (χ0v) is 13.5. The molecule has 0 heterocycles. The highest BCUT2D eigenvalue weighted by Gasteiger charge is 2.05. The number of rotatable bonds is 13. The topological polar surface area (TPSA) is 134 Å². The minimum Gasteiger partial charge on any atom is -0.493 e. The van der Waals surface area contributed by atoms with Crippen LogP contribution in [0.3, 0.4) is 0 Å². The van der Waals surface area contributed by atoms with Crippen molar-refractivity contribution in [2.24, 2.45) is 10.2 Å². The molecule has 0 radical (unpaired) electrons. The fourth-order valence-corrected chi connectivity index (χ4v) is 1.66. The zero-order valence-electron chi connectivity index (χ0n) is 13.5. The Labute approximate surface area is 139 Å². The smallest absolute Gasteiger partial charge is 0.126 e. The standard InChI is InChI=1S/C14H20N6O4/c1-2-21-7-8-24-14-10-12(22-5-3-17-19-15)9-13(11-14)23-6-4-18-20-16/h9-11H,2-8H2,1H3. The summed E-state index contributed by atoms with van der Waals surface area (Å²) in [7, 11) is 0. The Morgan fingerprint density at radius 2 is 1.25 bits per heavy atom. The number of azide groups is 2. The largest absolute Gasteiger partial charge is 0.493 e. The molecule has 0 atom stereocenters. The summed E-state index contributed by atoms with van der Waals surface area (Å²) in [4.78, 5) is 5.32. The fourth-order valence-electron chi connectivity index (χ4n) is 1.66. The molecule has 0 saturated carbocycles. The van der Waals surface area contributed by atoms with Gasteiger partial charge in [-0.1, -0.05) is 10.2 Å². The van der Waals surface area contributed by atoms with Gasteiger partial charge in [0.1, 0.15) is 23.9 Å². The van der Waals surface area contributed by atoms with E-state index in [9.17, 15) is 0 Å². The highest BCUT2D eigenvalue weighted by atomic mass is 16.5. The van der Waals surface area contributed by atoms with Gasteiger partial charge in [-0.05, 0) is 18.0 Å².